The molecule has 0 spiro atoms. The monoisotopic (exact) mass is 188 g/mol. The topological polar surface area (TPSA) is 0 Å². The van der Waals surface area contributed by atoms with Crippen LogP contribution in [0.5, 0.6) is 0 Å². The lowest BCUT2D eigenvalue weighted by atomic mass is 9.96. The van der Waals surface area contributed by atoms with E-state index in [0.29, 0.717) is 5.88 Å². The van der Waals surface area contributed by atoms with Gasteiger partial charge in [0.2, 0.25) is 0 Å². The van der Waals surface area contributed by atoms with Gasteiger partial charge >= 0.3 is 0 Å². The number of hydrogen-bond acceptors (Lipinski definition) is 0. The molecule has 0 aromatic rings. The van der Waals surface area contributed by atoms with Gasteiger partial charge in [-0.2, -0.15) is 0 Å². The van der Waals surface area contributed by atoms with Gasteiger partial charge in [-0.1, -0.05) is 51.7 Å². The zero-order valence-electron chi connectivity index (χ0n) is 8.35. The number of allylic oxidation sites excluding steroid dienone is 2. The molecule has 0 bridgehead atoms. The van der Waals surface area contributed by atoms with Crippen LogP contribution in [-0.2, 0) is 0 Å². The molecule has 0 saturated carbocycles. The third-order valence-corrected chi connectivity index (χ3v) is 2.45. The molecule has 0 heterocycles. The average Bonchev–Trinajstić information content (AvgIpc) is 2.11. The molecule has 0 rings (SSSR count). The fraction of sp³-hybridized carbons (Fsp3) is 0.818. The molecule has 1 atom stereocenters. The first kappa shape index (κ1) is 12.0. The van der Waals surface area contributed by atoms with Crippen LogP contribution in [0.15, 0.2) is 12.2 Å². The zero-order chi connectivity index (χ0) is 9.23. The van der Waals surface area contributed by atoms with Gasteiger partial charge in [0.1, 0.15) is 0 Å². The summed E-state index contributed by atoms with van der Waals surface area (Å²) in [4.78, 5) is 0. The summed E-state index contributed by atoms with van der Waals surface area (Å²) in [5.41, 5.74) is 0. The van der Waals surface area contributed by atoms with Gasteiger partial charge in [-0.15, -0.1) is 11.6 Å². The largest absolute Gasteiger partial charge is 0.122 e. The van der Waals surface area contributed by atoms with E-state index in [0.717, 1.165) is 5.92 Å². The number of hydrogen-bond donors (Lipinski definition) is 0. The van der Waals surface area contributed by atoms with Gasteiger partial charge in [-0.05, 0) is 12.3 Å². The minimum atomic E-state index is 0.657. The highest BCUT2D eigenvalue weighted by molar-refractivity contribution is 6.18. The number of alkyl halides is 1. The molecule has 0 aliphatic heterocycles. The third kappa shape index (κ3) is 6.72. The Kier molecular flexibility index (Phi) is 9.14. The van der Waals surface area contributed by atoms with Gasteiger partial charge in [0.15, 0.2) is 0 Å². The Bertz CT molecular complexity index is 108. The van der Waals surface area contributed by atoms with Gasteiger partial charge in [-0.25, -0.2) is 0 Å². The summed E-state index contributed by atoms with van der Waals surface area (Å²) in [5.74, 6) is 1.54. The molecule has 0 aromatic heterocycles. The second-order valence-electron chi connectivity index (χ2n) is 3.28. The molecular formula is C11H21Cl. The maximum Gasteiger partial charge on any atom is 0.0404 e. The Morgan fingerprint density at radius 3 is 2.50 bits per heavy atom. The Labute approximate surface area is 82.0 Å². The zero-order valence-corrected chi connectivity index (χ0v) is 9.11. The van der Waals surface area contributed by atoms with Gasteiger partial charge < -0.3 is 0 Å². The van der Waals surface area contributed by atoms with Crippen LogP contribution in [0.25, 0.3) is 0 Å². The van der Waals surface area contributed by atoms with E-state index in [-0.39, 0.29) is 0 Å². The van der Waals surface area contributed by atoms with Crippen molar-refractivity contribution in [2.45, 2.75) is 46.0 Å². The van der Waals surface area contributed by atoms with Gasteiger partial charge in [0.05, 0.1) is 0 Å². The maximum absolute atomic E-state index is 5.55. The van der Waals surface area contributed by atoms with Crippen molar-refractivity contribution in [1.29, 1.82) is 0 Å². The first-order chi connectivity index (χ1) is 5.85. The van der Waals surface area contributed by atoms with E-state index in [2.05, 4.69) is 26.0 Å². The van der Waals surface area contributed by atoms with Crippen LogP contribution in [-0.4, -0.2) is 5.88 Å². The van der Waals surface area contributed by atoms with E-state index >= 15 is 0 Å². The number of unbranched alkanes of at least 4 members (excludes halogenated alkanes) is 1. The van der Waals surface area contributed by atoms with Crippen molar-refractivity contribution in [3.8, 4) is 0 Å². The molecule has 0 aromatic carbocycles. The second kappa shape index (κ2) is 9.12. The quantitative estimate of drug-likeness (QED) is 0.411. The van der Waals surface area contributed by atoms with Crippen LogP contribution < -0.4 is 0 Å². The van der Waals surface area contributed by atoms with Crippen molar-refractivity contribution in [3.05, 3.63) is 12.2 Å². The Morgan fingerprint density at radius 2 is 2.00 bits per heavy atom. The van der Waals surface area contributed by atoms with E-state index in [4.69, 9.17) is 11.6 Å². The molecule has 0 fully saturated rings. The molecule has 72 valence electrons. The van der Waals surface area contributed by atoms with Crippen molar-refractivity contribution in [2.24, 2.45) is 5.92 Å². The van der Waals surface area contributed by atoms with Crippen molar-refractivity contribution in [3.63, 3.8) is 0 Å². The fourth-order valence-electron chi connectivity index (χ4n) is 1.33. The lowest BCUT2D eigenvalue weighted by molar-refractivity contribution is 0.456. The van der Waals surface area contributed by atoms with E-state index in [9.17, 15) is 0 Å². The third-order valence-electron chi connectivity index (χ3n) is 2.27. The lowest BCUT2D eigenvalue weighted by Crippen LogP contribution is -1.96. The highest BCUT2D eigenvalue weighted by Crippen LogP contribution is 2.16. The molecule has 0 N–H and O–H groups in total. The minimum Gasteiger partial charge on any atom is -0.122 e. The molecule has 0 nitrogen and oxygen atoms in total. The van der Waals surface area contributed by atoms with E-state index in [1.54, 1.807) is 0 Å². The molecule has 1 unspecified atom stereocenters. The predicted molar refractivity (Wildman–Crippen MR) is 57.8 cm³/mol. The molecule has 0 saturated heterocycles. The Balaban J connectivity index is 3.45. The summed E-state index contributed by atoms with van der Waals surface area (Å²) in [7, 11) is 0. The van der Waals surface area contributed by atoms with Gasteiger partial charge in [-0.3, -0.25) is 0 Å². The van der Waals surface area contributed by atoms with Crippen LogP contribution in [0, 0.1) is 5.92 Å². The SMILES string of the molecule is CCCCC(CC)CC=CCCl. The molecule has 0 aliphatic carbocycles. The van der Waals surface area contributed by atoms with Crippen molar-refractivity contribution in [2.75, 3.05) is 5.88 Å². The van der Waals surface area contributed by atoms with Gasteiger partial charge in [0.25, 0.3) is 0 Å². The maximum atomic E-state index is 5.55. The van der Waals surface area contributed by atoms with E-state index in [1.807, 2.05) is 0 Å². The van der Waals surface area contributed by atoms with Crippen molar-refractivity contribution >= 4 is 11.6 Å². The highest BCUT2D eigenvalue weighted by Gasteiger charge is 2.02. The minimum absolute atomic E-state index is 0.657. The summed E-state index contributed by atoms with van der Waals surface area (Å²) in [6.07, 6.45) is 10.8. The summed E-state index contributed by atoms with van der Waals surface area (Å²) in [6, 6.07) is 0. The summed E-state index contributed by atoms with van der Waals surface area (Å²) < 4.78 is 0. The molecule has 0 radical (unpaired) electrons. The van der Waals surface area contributed by atoms with Gasteiger partial charge in [0, 0.05) is 5.88 Å². The average molecular weight is 189 g/mol. The molecule has 12 heavy (non-hydrogen) atoms. The van der Waals surface area contributed by atoms with Crippen molar-refractivity contribution in [1.82, 2.24) is 0 Å². The summed E-state index contributed by atoms with van der Waals surface area (Å²) >= 11 is 5.55. The van der Waals surface area contributed by atoms with E-state index in [1.165, 1.54) is 32.1 Å². The Morgan fingerprint density at radius 1 is 1.25 bits per heavy atom. The van der Waals surface area contributed by atoms with Crippen LogP contribution in [0.1, 0.15) is 46.0 Å². The van der Waals surface area contributed by atoms with Crippen LogP contribution >= 0.6 is 11.6 Å². The van der Waals surface area contributed by atoms with E-state index < -0.39 is 0 Å². The van der Waals surface area contributed by atoms with Crippen LogP contribution in [0.2, 0.25) is 0 Å². The summed E-state index contributed by atoms with van der Waals surface area (Å²) in [6.45, 7) is 4.52. The summed E-state index contributed by atoms with van der Waals surface area (Å²) in [5, 5.41) is 0. The normalized spacial score (nSPS) is 13.9. The lowest BCUT2D eigenvalue weighted by Gasteiger charge is -2.10. The Hall–Kier alpha value is 0.0300. The smallest absolute Gasteiger partial charge is 0.0404 e. The van der Waals surface area contributed by atoms with Crippen molar-refractivity contribution < 1.29 is 0 Å². The molecule has 1 heteroatoms. The fourth-order valence-corrected chi connectivity index (χ4v) is 1.46. The van der Waals surface area contributed by atoms with Crippen LogP contribution in [0.4, 0.5) is 0 Å². The molecule has 0 amide bonds. The standard InChI is InChI=1S/C11H21Cl/c1-3-5-8-11(4-2)9-6-7-10-12/h6-7,11H,3-5,8-10H2,1-2H3. The van der Waals surface area contributed by atoms with Crippen LogP contribution in [0.3, 0.4) is 0 Å². The highest BCUT2D eigenvalue weighted by atomic mass is 35.5. The first-order valence-corrected chi connectivity index (χ1v) is 5.59. The molecular weight excluding hydrogens is 168 g/mol. The second-order valence-corrected chi connectivity index (χ2v) is 3.59. The number of halogens is 1. The molecule has 0 aliphatic rings. The first-order valence-electron chi connectivity index (χ1n) is 5.06. The predicted octanol–water partition coefficient (Wildman–Crippen LogP) is 4.39. The number of rotatable bonds is 7.